The van der Waals surface area contributed by atoms with Gasteiger partial charge in [0.05, 0.1) is 11.2 Å². The molecule has 1 aliphatic rings. The maximum atomic E-state index is 6.00. The van der Waals surface area contributed by atoms with Crippen molar-refractivity contribution in [3.63, 3.8) is 0 Å². The van der Waals surface area contributed by atoms with Crippen LogP contribution < -0.4 is 5.73 Å². The van der Waals surface area contributed by atoms with E-state index in [1.807, 2.05) is 27.7 Å². The molecule has 15 heavy (non-hydrogen) atoms. The molecule has 0 aromatic rings. The standard InChI is InChI=1S/C10H21BClNO2/c1-9(2)10(3,4)15-11(14-9)8(13)6-5-7-12/h8H,5-7,13H2,1-4H3/t8-/m0/s1. The number of nitrogens with two attached hydrogens (primary N) is 1. The summed E-state index contributed by atoms with van der Waals surface area (Å²) in [7, 11) is -0.307. The highest BCUT2D eigenvalue weighted by Gasteiger charge is 2.52. The topological polar surface area (TPSA) is 44.5 Å². The Balaban J connectivity index is 2.54. The zero-order valence-electron chi connectivity index (χ0n) is 10.0. The van der Waals surface area contributed by atoms with Crippen LogP contribution in [0, 0.1) is 0 Å². The number of alkyl halides is 1. The van der Waals surface area contributed by atoms with Crippen LogP contribution in [0.5, 0.6) is 0 Å². The Hall–Kier alpha value is 0.235. The van der Waals surface area contributed by atoms with Crippen molar-refractivity contribution in [2.45, 2.75) is 57.7 Å². The van der Waals surface area contributed by atoms with Gasteiger partial charge < -0.3 is 15.0 Å². The van der Waals surface area contributed by atoms with Crippen molar-refractivity contribution in [1.29, 1.82) is 0 Å². The second kappa shape index (κ2) is 4.62. The highest BCUT2D eigenvalue weighted by molar-refractivity contribution is 6.47. The highest BCUT2D eigenvalue weighted by Crippen LogP contribution is 2.37. The summed E-state index contributed by atoms with van der Waals surface area (Å²) >= 11 is 5.63. The second-order valence-electron chi connectivity index (χ2n) is 5.12. The molecule has 0 unspecified atom stereocenters. The summed E-state index contributed by atoms with van der Waals surface area (Å²) in [6, 6.07) is 0. The largest absolute Gasteiger partial charge is 0.475 e. The molecule has 2 N–H and O–H groups in total. The average molecular weight is 234 g/mol. The molecule has 1 heterocycles. The fourth-order valence-electron chi connectivity index (χ4n) is 1.51. The molecule has 1 fully saturated rings. The van der Waals surface area contributed by atoms with Crippen LogP contribution in [0.3, 0.4) is 0 Å². The van der Waals surface area contributed by atoms with Gasteiger partial charge in [-0.05, 0) is 40.5 Å². The number of halogens is 1. The van der Waals surface area contributed by atoms with E-state index in [4.69, 9.17) is 26.6 Å². The highest BCUT2D eigenvalue weighted by atomic mass is 35.5. The molecular weight excluding hydrogens is 212 g/mol. The fourth-order valence-corrected chi connectivity index (χ4v) is 1.67. The lowest BCUT2D eigenvalue weighted by Gasteiger charge is -2.32. The molecule has 0 radical (unpaired) electrons. The van der Waals surface area contributed by atoms with E-state index in [0.717, 1.165) is 12.8 Å². The molecule has 0 spiro atoms. The third-order valence-corrected chi connectivity index (χ3v) is 3.56. The monoisotopic (exact) mass is 233 g/mol. The minimum absolute atomic E-state index is 0.0928. The average Bonchev–Trinajstić information content (AvgIpc) is 2.32. The molecule has 0 aromatic heterocycles. The Labute approximate surface area is 97.8 Å². The first-order valence-corrected chi connectivity index (χ1v) is 6.01. The van der Waals surface area contributed by atoms with Gasteiger partial charge in [-0.25, -0.2) is 0 Å². The van der Waals surface area contributed by atoms with Gasteiger partial charge in [0, 0.05) is 11.8 Å². The van der Waals surface area contributed by atoms with E-state index in [-0.39, 0.29) is 24.3 Å². The van der Waals surface area contributed by atoms with E-state index in [1.165, 1.54) is 0 Å². The van der Waals surface area contributed by atoms with Crippen LogP contribution in [0.15, 0.2) is 0 Å². The quantitative estimate of drug-likeness (QED) is 0.596. The molecule has 88 valence electrons. The molecule has 0 saturated carbocycles. The minimum atomic E-state index is -0.307. The molecule has 0 amide bonds. The van der Waals surface area contributed by atoms with Gasteiger partial charge in [0.2, 0.25) is 0 Å². The first kappa shape index (κ1) is 13.3. The Morgan fingerprint density at radius 3 is 2.07 bits per heavy atom. The molecule has 0 aromatic carbocycles. The summed E-state index contributed by atoms with van der Waals surface area (Å²) in [5.74, 6) is 0.539. The van der Waals surface area contributed by atoms with Crippen molar-refractivity contribution in [3.8, 4) is 0 Å². The molecule has 3 nitrogen and oxygen atoms in total. The van der Waals surface area contributed by atoms with E-state index >= 15 is 0 Å². The minimum Gasteiger partial charge on any atom is -0.402 e. The van der Waals surface area contributed by atoms with Gasteiger partial charge in [-0.15, -0.1) is 11.6 Å². The summed E-state index contributed by atoms with van der Waals surface area (Å²) in [5.41, 5.74) is 5.41. The number of hydrogen-bond donors (Lipinski definition) is 1. The van der Waals surface area contributed by atoms with Gasteiger partial charge in [-0.1, -0.05) is 0 Å². The van der Waals surface area contributed by atoms with E-state index < -0.39 is 0 Å². The molecule has 1 saturated heterocycles. The van der Waals surface area contributed by atoms with Crippen LogP contribution in [0.25, 0.3) is 0 Å². The first-order chi connectivity index (χ1) is 6.80. The van der Waals surface area contributed by atoms with Crippen LogP contribution in [0.2, 0.25) is 0 Å². The number of hydrogen-bond acceptors (Lipinski definition) is 3. The SMILES string of the molecule is CC1(C)OB([C@@H](N)CCCCl)OC1(C)C. The lowest BCUT2D eigenvalue weighted by molar-refractivity contribution is 0.00578. The van der Waals surface area contributed by atoms with Gasteiger partial charge >= 0.3 is 7.12 Å². The first-order valence-electron chi connectivity index (χ1n) is 5.47. The molecular formula is C10H21BClNO2. The fraction of sp³-hybridized carbons (Fsp3) is 1.00. The third kappa shape index (κ3) is 2.87. The maximum Gasteiger partial charge on any atom is 0.475 e. The lowest BCUT2D eigenvalue weighted by atomic mass is 9.76. The Bertz CT molecular complexity index is 207. The van der Waals surface area contributed by atoms with Gasteiger partial charge in [0.1, 0.15) is 0 Å². The zero-order valence-corrected chi connectivity index (χ0v) is 10.8. The van der Waals surface area contributed by atoms with E-state index in [9.17, 15) is 0 Å². The normalized spacial score (nSPS) is 25.6. The van der Waals surface area contributed by atoms with E-state index in [1.54, 1.807) is 0 Å². The lowest BCUT2D eigenvalue weighted by Crippen LogP contribution is -2.41. The zero-order chi connectivity index (χ0) is 11.7. The summed E-state index contributed by atoms with van der Waals surface area (Å²) in [6.07, 6.45) is 1.73. The molecule has 5 heteroatoms. The van der Waals surface area contributed by atoms with E-state index in [0.29, 0.717) is 5.88 Å². The van der Waals surface area contributed by atoms with Crippen LogP contribution in [-0.4, -0.2) is 30.1 Å². The summed E-state index contributed by atoms with van der Waals surface area (Å²) < 4.78 is 11.7. The van der Waals surface area contributed by atoms with Crippen molar-refractivity contribution in [3.05, 3.63) is 0 Å². The summed E-state index contributed by atoms with van der Waals surface area (Å²) in [6.45, 7) is 8.12. The van der Waals surface area contributed by atoms with Crippen LogP contribution in [0.4, 0.5) is 0 Å². The molecule has 0 aliphatic carbocycles. The van der Waals surface area contributed by atoms with Crippen LogP contribution in [-0.2, 0) is 9.31 Å². The van der Waals surface area contributed by atoms with Crippen molar-refractivity contribution in [2.75, 3.05) is 5.88 Å². The summed E-state index contributed by atoms with van der Waals surface area (Å²) in [4.78, 5) is 0. The van der Waals surface area contributed by atoms with Crippen LogP contribution >= 0.6 is 11.6 Å². The van der Waals surface area contributed by atoms with Crippen molar-refractivity contribution >= 4 is 18.7 Å². The van der Waals surface area contributed by atoms with Gasteiger partial charge in [-0.3, -0.25) is 0 Å². The van der Waals surface area contributed by atoms with Crippen LogP contribution in [0.1, 0.15) is 40.5 Å². The molecule has 0 bridgehead atoms. The number of rotatable bonds is 4. The Kier molecular flexibility index (Phi) is 4.10. The van der Waals surface area contributed by atoms with Crippen molar-refractivity contribution in [1.82, 2.24) is 0 Å². The van der Waals surface area contributed by atoms with Crippen molar-refractivity contribution in [2.24, 2.45) is 5.73 Å². The van der Waals surface area contributed by atoms with E-state index in [2.05, 4.69) is 0 Å². The molecule has 1 rings (SSSR count). The summed E-state index contributed by atoms with van der Waals surface area (Å²) in [5, 5.41) is 0. The van der Waals surface area contributed by atoms with Gasteiger partial charge in [0.15, 0.2) is 0 Å². The van der Waals surface area contributed by atoms with Gasteiger partial charge in [0.25, 0.3) is 0 Å². The molecule has 1 aliphatic heterocycles. The van der Waals surface area contributed by atoms with Gasteiger partial charge in [-0.2, -0.15) is 0 Å². The third-order valence-electron chi connectivity index (χ3n) is 3.29. The Morgan fingerprint density at radius 2 is 1.67 bits per heavy atom. The second-order valence-corrected chi connectivity index (χ2v) is 5.50. The maximum absolute atomic E-state index is 6.00. The smallest absolute Gasteiger partial charge is 0.402 e. The predicted molar refractivity (Wildman–Crippen MR) is 64.0 cm³/mol. The predicted octanol–water partition coefficient (Wildman–Crippen LogP) is 1.96. The Morgan fingerprint density at radius 1 is 1.20 bits per heavy atom. The molecule has 1 atom stereocenters. The van der Waals surface area contributed by atoms with Crippen molar-refractivity contribution < 1.29 is 9.31 Å².